The van der Waals surface area contributed by atoms with Gasteiger partial charge in [0.05, 0.1) is 0 Å². The lowest BCUT2D eigenvalue weighted by Gasteiger charge is -2.01. The molecule has 0 saturated carbocycles. The van der Waals surface area contributed by atoms with E-state index in [-0.39, 0.29) is 2.14 Å². The van der Waals surface area contributed by atoms with Crippen molar-refractivity contribution in [2.24, 2.45) is 0 Å². The van der Waals surface area contributed by atoms with Crippen molar-refractivity contribution in [3.63, 3.8) is 0 Å². The molecule has 0 N–H and O–H groups in total. The molecule has 0 heterocycles. The van der Waals surface area contributed by atoms with Gasteiger partial charge in [-0.2, -0.15) is 0 Å². The Labute approximate surface area is 68.7 Å². The average Bonchev–Trinajstić information content (AvgIpc) is 1.30. The van der Waals surface area contributed by atoms with Gasteiger partial charge in [-0.15, -0.1) is 0 Å². The van der Waals surface area contributed by atoms with Crippen LogP contribution in [0.1, 0.15) is 0 Å². The molecule has 41 valence electrons. The molecule has 0 fully saturated rings. The highest BCUT2D eigenvalue weighted by molar-refractivity contribution is 9.39. The Balaban J connectivity index is 3.56. The average molecular weight is 292 g/mol. The minimum absolute atomic E-state index is 0.255. The van der Waals surface area contributed by atoms with Gasteiger partial charge in [0, 0.05) is 0 Å². The summed E-state index contributed by atoms with van der Waals surface area (Å²) in [5.74, 6) is 0. The molecule has 0 unspecified atom stereocenters. The Morgan fingerprint density at radius 3 is 1.71 bits per heavy atom. The highest BCUT2D eigenvalue weighted by atomic mass is 80.0. The molecule has 0 nitrogen and oxygen atoms in total. The fraction of sp³-hybridized carbons (Fsp3) is 0.250. The van der Waals surface area contributed by atoms with Crippen molar-refractivity contribution in [3.8, 4) is 0 Å². The van der Waals surface area contributed by atoms with Crippen molar-refractivity contribution in [1.82, 2.24) is 0 Å². The molecular formula is C4H4Br3. The highest BCUT2D eigenvalue weighted by Crippen LogP contribution is 2.34. The smallest absolute Gasteiger partial charge is 0.0851 e. The zero-order chi connectivity index (χ0) is 5.91. The van der Waals surface area contributed by atoms with Crippen LogP contribution >= 0.6 is 47.8 Å². The molecule has 0 spiro atoms. The molecule has 0 aromatic rings. The Morgan fingerprint density at radius 2 is 1.71 bits per heavy atom. The molecule has 0 atom stereocenters. The van der Waals surface area contributed by atoms with Gasteiger partial charge in [0.25, 0.3) is 0 Å². The lowest BCUT2D eigenvalue weighted by molar-refractivity contribution is 1.64. The second-order valence-corrected chi connectivity index (χ2v) is 7.89. The van der Waals surface area contributed by atoms with Crippen molar-refractivity contribution >= 4 is 47.8 Å². The predicted octanol–water partition coefficient (Wildman–Crippen LogP) is 3.22. The van der Waals surface area contributed by atoms with Crippen LogP contribution in [0.25, 0.3) is 0 Å². The first-order valence-electron chi connectivity index (χ1n) is 1.60. The van der Waals surface area contributed by atoms with E-state index >= 15 is 0 Å². The van der Waals surface area contributed by atoms with Crippen LogP contribution in [0.3, 0.4) is 0 Å². The van der Waals surface area contributed by atoms with E-state index in [2.05, 4.69) is 54.7 Å². The summed E-state index contributed by atoms with van der Waals surface area (Å²) in [4.78, 5) is 0. The Morgan fingerprint density at radius 1 is 1.29 bits per heavy atom. The van der Waals surface area contributed by atoms with Gasteiger partial charge < -0.3 is 0 Å². The van der Waals surface area contributed by atoms with Gasteiger partial charge in [-0.3, -0.25) is 0 Å². The van der Waals surface area contributed by atoms with Crippen molar-refractivity contribution in [1.29, 1.82) is 0 Å². The molecule has 7 heavy (non-hydrogen) atoms. The molecule has 0 saturated heterocycles. The van der Waals surface area contributed by atoms with Crippen molar-refractivity contribution in [3.05, 3.63) is 19.1 Å². The fourth-order valence-corrected chi connectivity index (χ4v) is 0.694. The summed E-state index contributed by atoms with van der Waals surface area (Å²) in [5.41, 5.74) is 0. The third-order valence-corrected chi connectivity index (χ3v) is 1.10. The Bertz CT molecular complexity index is 69.5. The summed E-state index contributed by atoms with van der Waals surface area (Å²) in [6.45, 7) is 3.50. The van der Waals surface area contributed by atoms with Crippen LogP contribution in [0.5, 0.6) is 0 Å². The number of allylic oxidation sites excluding steroid dienone is 2. The maximum atomic E-state index is 3.50. The van der Waals surface area contributed by atoms with Crippen LogP contribution in [-0.2, 0) is 0 Å². The summed E-state index contributed by atoms with van der Waals surface area (Å²) in [7, 11) is 0. The third kappa shape index (κ3) is 7.18. The van der Waals surface area contributed by atoms with E-state index in [0.29, 0.717) is 0 Å². The fourth-order valence-electron chi connectivity index (χ4n) is 0.134. The standard InChI is InChI=1S/C4H4Br3/c1-2-3-4(5,6)7/h2-3H,1H2. The summed E-state index contributed by atoms with van der Waals surface area (Å²) in [5, 5.41) is 0. The molecule has 0 aliphatic heterocycles. The van der Waals surface area contributed by atoms with Gasteiger partial charge in [0.15, 0.2) is 2.14 Å². The van der Waals surface area contributed by atoms with E-state index in [0.717, 1.165) is 0 Å². The molecule has 3 heteroatoms. The minimum Gasteiger partial charge on any atom is -0.0851 e. The van der Waals surface area contributed by atoms with Crippen molar-refractivity contribution in [2.45, 2.75) is 2.14 Å². The van der Waals surface area contributed by atoms with Crippen molar-refractivity contribution < 1.29 is 0 Å². The first-order chi connectivity index (χ1) is 3.06. The monoisotopic (exact) mass is 289 g/mol. The zero-order valence-electron chi connectivity index (χ0n) is 3.50. The highest BCUT2D eigenvalue weighted by Gasteiger charge is 2.09. The van der Waals surface area contributed by atoms with Gasteiger partial charge in [-0.1, -0.05) is 59.9 Å². The van der Waals surface area contributed by atoms with E-state index in [1.165, 1.54) is 0 Å². The van der Waals surface area contributed by atoms with Crippen molar-refractivity contribution in [2.75, 3.05) is 0 Å². The van der Waals surface area contributed by atoms with Gasteiger partial charge in [0.1, 0.15) is 0 Å². The number of alkyl halides is 3. The van der Waals surface area contributed by atoms with Crippen LogP contribution < -0.4 is 0 Å². The van der Waals surface area contributed by atoms with Crippen LogP contribution in [0.15, 0.2) is 12.2 Å². The Hall–Kier alpha value is 1.18. The second-order valence-electron chi connectivity index (χ2n) is 0.944. The quantitative estimate of drug-likeness (QED) is 0.601. The largest absolute Gasteiger partial charge is 0.153 e. The molecule has 0 rings (SSSR count). The van der Waals surface area contributed by atoms with E-state index in [1.54, 1.807) is 6.08 Å². The maximum absolute atomic E-state index is 3.50. The number of hydrogen-bond donors (Lipinski definition) is 0. The topological polar surface area (TPSA) is 0 Å². The zero-order valence-corrected chi connectivity index (χ0v) is 8.25. The first kappa shape index (κ1) is 8.18. The SMILES string of the molecule is [CH2]C=CC(Br)(Br)Br. The molecule has 0 aromatic heterocycles. The molecular weight excluding hydrogens is 288 g/mol. The first-order valence-corrected chi connectivity index (χ1v) is 3.98. The van der Waals surface area contributed by atoms with E-state index in [4.69, 9.17) is 0 Å². The molecule has 0 amide bonds. The normalized spacial score (nSPS) is 13.1. The minimum atomic E-state index is -0.255. The molecule has 0 aliphatic rings. The van der Waals surface area contributed by atoms with E-state index in [9.17, 15) is 0 Å². The lowest BCUT2D eigenvalue weighted by Crippen LogP contribution is -1.89. The summed E-state index contributed by atoms with van der Waals surface area (Å²) in [6.07, 6.45) is 3.52. The number of hydrogen-bond acceptors (Lipinski definition) is 0. The molecule has 1 radical (unpaired) electrons. The summed E-state index contributed by atoms with van der Waals surface area (Å²) < 4.78 is -0.255. The molecule has 0 aliphatic carbocycles. The molecule has 0 bridgehead atoms. The lowest BCUT2D eigenvalue weighted by atomic mass is 10.6. The predicted molar refractivity (Wildman–Crippen MR) is 44.0 cm³/mol. The van der Waals surface area contributed by atoms with E-state index in [1.807, 2.05) is 6.08 Å². The third-order valence-electron chi connectivity index (χ3n) is 0.307. The summed E-state index contributed by atoms with van der Waals surface area (Å²) in [6, 6.07) is 0. The van der Waals surface area contributed by atoms with Gasteiger partial charge in [0.2, 0.25) is 0 Å². The number of halogens is 3. The van der Waals surface area contributed by atoms with Crippen LogP contribution in [0.2, 0.25) is 0 Å². The Kier molecular flexibility index (Phi) is 3.80. The maximum Gasteiger partial charge on any atom is 0.153 e. The van der Waals surface area contributed by atoms with Gasteiger partial charge in [-0.25, -0.2) is 0 Å². The van der Waals surface area contributed by atoms with Crippen LogP contribution in [0, 0.1) is 6.92 Å². The van der Waals surface area contributed by atoms with E-state index < -0.39 is 0 Å². The van der Waals surface area contributed by atoms with Crippen LogP contribution in [0.4, 0.5) is 0 Å². The van der Waals surface area contributed by atoms with Gasteiger partial charge in [-0.05, 0) is 6.92 Å². The van der Waals surface area contributed by atoms with Gasteiger partial charge >= 0.3 is 0 Å². The van der Waals surface area contributed by atoms with Crippen LogP contribution in [-0.4, -0.2) is 2.14 Å². The molecule has 0 aromatic carbocycles. The summed E-state index contributed by atoms with van der Waals surface area (Å²) >= 11 is 9.74. The second kappa shape index (κ2) is 3.25. The number of rotatable bonds is 0.